The van der Waals surface area contributed by atoms with Crippen molar-refractivity contribution >= 4 is 38.3 Å². The average Bonchev–Trinajstić information content (AvgIpc) is 2.73. The van der Waals surface area contributed by atoms with Gasteiger partial charge in [-0.25, -0.2) is 4.98 Å². The van der Waals surface area contributed by atoms with Crippen molar-refractivity contribution in [1.29, 1.82) is 0 Å². The zero-order valence-electron chi connectivity index (χ0n) is 10.4. The highest BCUT2D eigenvalue weighted by atomic mass is 35.5. The molecule has 0 amide bonds. The largest absolute Gasteiger partial charge is 0.359 e. The van der Waals surface area contributed by atoms with E-state index in [-0.39, 0.29) is 0 Å². The maximum absolute atomic E-state index is 5.98. The first kappa shape index (κ1) is 12.2. The van der Waals surface area contributed by atoms with Crippen LogP contribution in [-0.2, 0) is 0 Å². The van der Waals surface area contributed by atoms with E-state index in [4.69, 9.17) is 11.6 Å². The molecule has 18 heavy (non-hydrogen) atoms. The monoisotopic (exact) mass is 280 g/mol. The van der Waals surface area contributed by atoms with E-state index < -0.39 is 0 Å². The van der Waals surface area contributed by atoms with Gasteiger partial charge in [0.25, 0.3) is 0 Å². The van der Waals surface area contributed by atoms with Crippen molar-refractivity contribution in [1.82, 2.24) is 4.98 Å². The maximum atomic E-state index is 5.98. The molecule has 3 rings (SSSR count). The quantitative estimate of drug-likeness (QED) is 0.843. The SMILES string of the molecule is CC1CCC(Nc2nc3cc(Cl)ccc3s2)CC1. The van der Waals surface area contributed by atoms with Gasteiger partial charge in [-0.2, -0.15) is 0 Å². The lowest BCUT2D eigenvalue weighted by Crippen LogP contribution is -2.24. The van der Waals surface area contributed by atoms with Crippen LogP contribution in [-0.4, -0.2) is 11.0 Å². The molecular weight excluding hydrogens is 264 g/mol. The van der Waals surface area contributed by atoms with E-state index in [1.807, 2.05) is 18.2 Å². The van der Waals surface area contributed by atoms with Crippen LogP contribution in [0.15, 0.2) is 18.2 Å². The normalized spacial score (nSPS) is 24.3. The Morgan fingerprint density at radius 1 is 1.28 bits per heavy atom. The molecule has 4 heteroatoms. The fraction of sp³-hybridized carbons (Fsp3) is 0.500. The van der Waals surface area contributed by atoms with Gasteiger partial charge in [-0.05, 0) is 49.8 Å². The van der Waals surface area contributed by atoms with Crippen molar-refractivity contribution in [2.24, 2.45) is 5.92 Å². The number of hydrogen-bond donors (Lipinski definition) is 1. The molecular formula is C14H17ClN2S. The molecule has 0 unspecified atom stereocenters. The van der Waals surface area contributed by atoms with Gasteiger partial charge in [-0.3, -0.25) is 0 Å². The number of benzene rings is 1. The van der Waals surface area contributed by atoms with Crippen LogP contribution in [0.4, 0.5) is 5.13 Å². The van der Waals surface area contributed by atoms with Crippen LogP contribution >= 0.6 is 22.9 Å². The van der Waals surface area contributed by atoms with Gasteiger partial charge >= 0.3 is 0 Å². The minimum absolute atomic E-state index is 0.595. The van der Waals surface area contributed by atoms with Crippen molar-refractivity contribution < 1.29 is 0 Å². The number of aromatic nitrogens is 1. The number of anilines is 1. The highest BCUT2D eigenvalue weighted by Crippen LogP contribution is 2.31. The second-order valence-electron chi connectivity index (χ2n) is 5.23. The topological polar surface area (TPSA) is 24.9 Å². The molecule has 0 spiro atoms. The van der Waals surface area contributed by atoms with Crippen LogP contribution < -0.4 is 5.32 Å². The van der Waals surface area contributed by atoms with Crippen LogP contribution in [0, 0.1) is 5.92 Å². The minimum atomic E-state index is 0.595. The Labute approximate surface area is 116 Å². The van der Waals surface area contributed by atoms with Crippen molar-refractivity contribution in [2.75, 3.05) is 5.32 Å². The minimum Gasteiger partial charge on any atom is -0.359 e. The van der Waals surface area contributed by atoms with Gasteiger partial charge in [0.15, 0.2) is 5.13 Å². The highest BCUT2D eigenvalue weighted by molar-refractivity contribution is 7.22. The van der Waals surface area contributed by atoms with Gasteiger partial charge in [-0.1, -0.05) is 29.9 Å². The summed E-state index contributed by atoms with van der Waals surface area (Å²) in [5, 5.41) is 5.36. The summed E-state index contributed by atoms with van der Waals surface area (Å²) >= 11 is 7.70. The number of halogens is 1. The van der Waals surface area contributed by atoms with Gasteiger partial charge in [0.2, 0.25) is 0 Å². The van der Waals surface area contributed by atoms with E-state index >= 15 is 0 Å². The molecule has 1 aliphatic carbocycles. The van der Waals surface area contributed by atoms with Gasteiger partial charge in [0, 0.05) is 11.1 Å². The Morgan fingerprint density at radius 3 is 2.83 bits per heavy atom. The van der Waals surface area contributed by atoms with Gasteiger partial charge in [0.05, 0.1) is 10.2 Å². The lowest BCUT2D eigenvalue weighted by molar-refractivity contribution is 0.361. The van der Waals surface area contributed by atoms with Crippen LogP contribution in [0.1, 0.15) is 32.6 Å². The number of fused-ring (bicyclic) bond motifs is 1. The zero-order valence-corrected chi connectivity index (χ0v) is 12.0. The number of nitrogens with one attached hydrogen (secondary N) is 1. The van der Waals surface area contributed by atoms with E-state index in [1.54, 1.807) is 11.3 Å². The molecule has 2 nitrogen and oxygen atoms in total. The van der Waals surface area contributed by atoms with Crippen molar-refractivity contribution in [3.8, 4) is 0 Å². The van der Waals surface area contributed by atoms with Gasteiger partial charge in [0.1, 0.15) is 0 Å². The summed E-state index contributed by atoms with van der Waals surface area (Å²) < 4.78 is 1.20. The Morgan fingerprint density at radius 2 is 2.06 bits per heavy atom. The second kappa shape index (κ2) is 5.06. The summed E-state index contributed by atoms with van der Waals surface area (Å²) in [6, 6.07) is 6.50. The lowest BCUT2D eigenvalue weighted by atomic mass is 9.87. The number of nitrogens with zero attached hydrogens (tertiary/aromatic N) is 1. The fourth-order valence-electron chi connectivity index (χ4n) is 2.54. The van der Waals surface area contributed by atoms with E-state index in [0.29, 0.717) is 6.04 Å². The molecule has 1 N–H and O–H groups in total. The molecule has 2 aromatic rings. The van der Waals surface area contributed by atoms with Crippen LogP contribution in [0.5, 0.6) is 0 Å². The summed E-state index contributed by atoms with van der Waals surface area (Å²) in [4.78, 5) is 4.61. The Balaban J connectivity index is 1.74. The first-order valence-corrected chi connectivity index (χ1v) is 7.73. The highest BCUT2D eigenvalue weighted by Gasteiger charge is 2.18. The Bertz CT molecular complexity index is 544. The molecule has 1 aliphatic rings. The third-order valence-electron chi connectivity index (χ3n) is 3.69. The third-order valence-corrected chi connectivity index (χ3v) is 4.90. The Kier molecular flexibility index (Phi) is 3.44. The van der Waals surface area contributed by atoms with Crippen molar-refractivity contribution in [3.05, 3.63) is 23.2 Å². The third kappa shape index (κ3) is 2.62. The first-order valence-electron chi connectivity index (χ1n) is 6.53. The number of thiazole rings is 1. The average molecular weight is 281 g/mol. The number of hydrogen-bond acceptors (Lipinski definition) is 3. The van der Waals surface area contributed by atoms with E-state index in [9.17, 15) is 0 Å². The molecule has 0 saturated heterocycles. The smallest absolute Gasteiger partial charge is 0.184 e. The standard InChI is InChI=1S/C14H17ClN2S/c1-9-2-5-11(6-3-9)16-14-17-12-8-10(15)4-7-13(12)18-14/h4,7-9,11H,2-3,5-6H2,1H3,(H,16,17). The Hall–Kier alpha value is -0.800. The van der Waals surface area contributed by atoms with Crippen molar-refractivity contribution in [2.45, 2.75) is 38.6 Å². The second-order valence-corrected chi connectivity index (χ2v) is 6.70. The molecule has 96 valence electrons. The zero-order chi connectivity index (χ0) is 12.5. The molecule has 0 bridgehead atoms. The fourth-order valence-corrected chi connectivity index (χ4v) is 3.63. The lowest BCUT2D eigenvalue weighted by Gasteiger charge is -2.26. The summed E-state index contributed by atoms with van der Waals surface area (Å²) in [5.41, 5.74) is 0.999. The first-order chi connectivity index (χ1) is 8.70. The summed E-state index contributed by atoms with van der Waals surface area (Å²) in [7, 11) is 0. The summed E-state index contributed by atoms with van der Waals surface area (Å²) in [5.74, 6) is 0.886. The molecule has 0 atom stereocenters. The molecule has 1 fully saturated rings. The van der Waals surface area contributed by atoms with Gasteiger partial charge in [-0.15, -0.1) is 0 Å². The molecule has 1 saturated carbocycles. The van der Waals surface area contributed by atoms with Crippen LogP contribution in [0.2, 0.25) is 5.02 Å². The molecule has 0 radical (unpaired) electrons. The van der Waals surface area contributed by atoms with Gasteiger partial charge < -0.3 is 5.32 Å². The van der Waals surface area contributed by atoms with E-state index in [2.05, 4.69) is 17.2 Å². The predicted octanol–water partition coefficient (Wildman–Crippen LogP) is 4.94. The van der Waals surface area contributed by atoms with Crippen LogP contribution in [0.3, 0.4) is 0 Å². The number of rotatable bonds is 2. The van der Waals surface area contributed by atoms with Crippen molar-refractivity contribution in [3.63, 3.8) is 0 Å². The molecule has 0 aliphatic heterocycles. The van der Waals surface area contributed by atoms with Crippen LogP contribution in [0.25, 0.3) is 10.2 Å². The maximum Gasteiger partial charge on any atom is 0.184 e. The summed E-state index contributed by atoms with van der Waals surface area (Å²) in [6.07, 6.45) is 5.18. The molecule has 1 heterocycles. The molecule has 1 aromatic heterocycles. The van der Waals surface area contributed by atoms with E-state index in [1.165, 1.54) is 30.4 Å². The predicted molar refractivity (Wildman–Crippen MR) is 79.7 cm³/mol. The summed E-state index contributed by atoms with van der Waals surface area (Å²) in [6.45, 7) is 2.34. The molecule has 1 aromatic carbocycles. The van der Waals surface area contributed by atoms with E-state index in [0.717, 1.165) is 21.6 Å².